The number of Topliss-reactive ketones (excluding diaryl/α,β-unsaturated/α-hetero) is 1. The van der Waals surface area contributed by atoms with Crippen LogP contribution in [0, 0.1) is 5.92 Å². The van der Waals surface area contributed by atoms with Crippen molar-refractivity contribution in [2.45, 2.75) is 38.6 Å². The Balaban J connectivity index is 2.29. The van der Waals surface area contributed by atoms with Crippen molar-refractivity contribution >= 4 is 12.2 Å². The second-order valence-corrected chi connectivity index (χ2v) is 3.44. The van der Waals surface area contributed by atoms with Crippen LogP contribution in [0.5, 0.6) is 0 Å². The molecule has 1 saturated carbocycles. The molecule has 1 aliphatic rings. The van der Waals surface area contributed by atoms with E-state index in [-0.39, 0.29) is 5.92 Å². The van der Waals surface area contributed by atoms with Gasteiger partial charge in [-0.2, -0.15) is 0 Å². The molecule has 0 bridgehead atoms. The van der Waals surface area contributed by atoms with Gasteiger partial charge in [0, 0.05) is 12.0 Å². The lowest BCUT2D eigenvalue weighted by atomic mass is 9.84. The first-order valence-electron chi connectivity index (χ1n) is 4.44. The van der Waals surface area contributed by atoms with Crippen LogP contribution >= 0.6 is 0 Å². The van der Waals surface area contributed by atoms with Gasteiger partial charge in [0.25, 0.3) is 0 Å². The Labute approximate surface area is 72.5 Å². The third-order valence-corrected chi connectivity index (χ3v) is 2.61. The number of hydrogen-bond donors (Lipinski definition) is 1. The van der Waals surface area contributed by atoms with E-state index < -0.39 is 0 Å². The Morgan fingerprint density at radius 1 is 1.33 bits per heavy atom. The van der Waals surface area contributed by atoms with Gasteiger partial charge in [-0.3, -0.25) is 9.59 Å². The molecule has 3 heteroatoms. The molecule has 0 aliphatic heterocycles. The van der Waals surface area contributed by atoms with Crippen molar-refractivity contribution < 1.29 is 9.59 Å². The SMILES string of the molecule is CC(=O)C1CCC(NC=O)CC1. The number of nitrogens with one attached hydrogen (secondary N) is 1. The van der Waals surface area contributed by atoms with Gasteiger partial charge in [-0.25, -0.2) is 0 Å². The van der Waals surface area contributed by atoms with Gasteiger partial charge >= 0.3 is 0 Å². The van der Waals surface area contributed by atoms with Gasteiger partial charge in [0.1, 0.15) is 5.78 Å². The minimum absolute atomic E-state index is 0.245. The number of amides is 1. The number of hydrogen-bond acceptors (Lipinski definition) is 2. The summed E-state index contributed by atoms with van der Waals surface area (Å²) in [4.78, 5) is 21.1. The fraction of sp³-hybridized carbons (Fsp3) is 0.778. The maximum Gasteiger partial charge on any atom is 0.207 e. The standard InChI is InChI=1S/C9H15NO2/c1-7(12)8-2-4-9(5-3-8)10-6-11/h6,8-9H,2-5H2,1H3,(H,10,11). The molecule has 12 heavy (non-hydrogen) atoms. The molecule has 0 radical (unpaired) electrons. The van der Waals surface area contributed by atoms with Crippen LogP contribution in [0.2, 0.25) is 0 Å². The summed E-state index contributed by atoms with van der Waals surface area (Å²) in [6.07, 6.45) is 4.51. The molecule has 0 atom stereocenters. The molecule has 0 aromatic heterocycles. The smallest absolute Gasteiger partial charge is 0.207 e. The Hall–Kier alpha value is -0.860. The summed E-state index contributed by atoms with van der Waals surface area (Å²) < 4.78 is 0. The van der Waals surface area contributed by atoms with Crippen molar-refractivity contribution in [3.8, 4) is 0 Å². The first kappa shape index (κ1) is 9.23. The van der Waals surface area contributed by atoms with Crippen LogP contribution < -0.4 is 5.32 Å². The minimum Gasteiger partial charge on any atom is -0.356 e. The molecule has 1 fully saturated rings. The van der Waals surface area contributed by atoms with Gasteiger partial charge in [0.15, 0.2) is 0 Å². The highest BCUT2D eigenvalue weighted by Gasteiger charge is 2.23. The second-order valence-electron chi connectivity index (χ2n) is 3.44. The molecule has 1 rings (SSSR count). The topological polar surface area (TPSA) is 46.2 Å². The molecular weight excluding hydrogens is 154 g/mol. The first-order chi connectivity index (χ1) is 5.74. The summed E-state index contributed by atoms with van der Waals surface area (Å²) in [6, 6.07) is 0.304. The summed E-state index contributed by atoms with van der Waals surface area (Å²) in [6.45, 7) is 1.65. The van der Waals surface area contributed by atoms with Crippen molar-refractivity contribution in [2.24, 2.45) is 5.92 Å². The van der Waals surface area contributed by atoms with Crippen LogP contribution in [0.1, 0.15) is 32.6 Å². The Bertz CT molecular complexity index is 171. The van der Waals surface area contributed by atoms with Gasteiger partial charge in [-0.15, -0.1) is 0 Å². The summed E-state index contributed by atoms with van der Waals surface area (Å²) in [5.74, 6) is 0.536. The van der Waals surface area contributed by atoms with Gasteiger partial charge in [-0.1, -0.05) is 0 Å². The summed E-state index contributed by atoms with van der Waals surface area (Å²) in [7, 11) is 0. The fourth-order valence-electron chi connectivity index (χ4n) is 1.76. The average molecular weight is 169 g/mol. The predicted octanol–water partition coefficient (Wildman–Crippen LogP) is 0.880. The highest BCUT2D eigenvalue weighted by Crippen LogP contribution is 2.24. The van der Waals surface area contributed by atoms with E-state index in [0.29, 0.717) is 11.8 Å². The Kier molecular flexibility index (Phi) is 3.26. The maximum absolute atomic E-state index is 11.0. The molecule has 0 aromatic carbocycles. The van der Waals surface area contributed by atoms with E-state index >= 15 is 0 Å². The number of rotatable bonds is 3. The normalized spacial score (nSPS) is 29.4. The monoisotopic (exact) mass is 169 g/mol. The molecular formula is C9H15NO2. The lowest BCUT2D eigenvalue weighted by Gasteiger charge is -2.26. The molecule has 1 aliphatic carbocycles. The molecule has 0 unspecified atom stereocenters. The third kappa shape index (κ3) is 2.32. The zero-order chi connectivity index (χ0) is 8.97. The molecule has 3 nitrogen and oxygen atoms in total. The first-order valence-corrected chi connectivity index (χ1v) is 4.44. The van der Waals surface area contributed by atoms with Gasteiger partial charge in [0.2, 0.25) is 6.41 Å². The Morgan fingerprint density at radius 2 is 1.92 bits per heavy atom. The van der Waals surface area contributed by atoms with Crippen molar-refractivity contribution in [1.29, 1.82) is 0 Å². The van der Waals surface area contributed by atoms with Gasteiger partial charge in [-0.05, 0) is 32.6 Å². The lowest BCUT2D eigenvalue weighted by Crippen LogP contribution is -2.33. The maximum atomic E-state index is 11.0. The van der Waals surface area contributed by atoms with E-state index in [4.69, 9.17) is 0 Å². The van der Waals surface area contributed by atoms with Crippen LogP contribution in [-0.2, 0) is 9.59 Å². The number of carbonyl (C=O) groups excluding carboxylic acids is 2. The second kappa shape index (κ2) is 4.24. The number of ketones is 1. The fourth-order valence-corrected chi connectivity index (χ4v) is 1.76. The van der Waals surface area contributed by atoms with E-state index in [1.807, 2.05) is 0 Å². The predicted molar refractivity (Wildman–Crippen MR) is 45.6 cm³/mol. The largest absolute Gasteiger partial charge is 0.356 e. The van der Waals surface area contributed by atoms with Crippen LogP contribution in [0.25, 0.3) is 0 Å². The van der Waals surface area contributed by atoms with Crippen LogP contribution in [0.3, 0.4) is 0 Å². The zero-order valence-corrected chi connectivity index (χ0v) is 7.38. The lowest BCUT2D eigenvalue weighted by molar-refractivity contribution is -0.121. The van der Waals surface area contributed by atoms with E-state index in [9.17, 15) is 9.59 Å². The van der Waals surface area contributed by atoms with E-state index in [2.05, 4.69) is 5.32 Å². The molecule has 1 N–H and O–H groups in total. The highest BCUT2D eigenvalue weighted by molar-refractivity contribution is 5.78. The van der Waals surface area contributed by atoms with Crippen molar-refractivity contribution in [2.75, 3.05) is 0 Å². The van der Waals surface area contributed by atoms with Gasteiger partial charge < -0.3 is 5.32 Å². The van der Waals surface area contributed by atoms with E-state index in [0.717, 1.165) is 32.1 Å². The molecule has 0 saturated heterocycles. The average Bonchev–Trinajstić information content (AvgIpc) is 2.06. The van der Waals surface area contributed by atoms with Crippen molar-refractivity contribution in [3.05, 3.63) is 0 Å². The van der Waals surface area contributed by atoms with Crippen molar-refractivity contribution in [1.82, 2.24) is 5.32 Å². The van der Waals surface area contributed by atoms with E-state index in [1.54, 1.807) is 6.92 Å². The minimum atomic E-state index is 0.245. The van der Waals surface area contributed by atoms with Gasteiger partial charge in [0.05, 0.1) is 0 Å². The quantitative estimate of drug-likeness (QED) is 0.637. The third-order valence-electron chi connectivity index (χ3n) is 2.61. The molecule has 0 heterocycles. The Morgan fingerprint density at radius 3 is 2.33 bits per heavy atom. The zero-order valence-electron chi connectivity index (χ0n) is 7.38. The highest BCUT2D eigenvalue weighted by atomic mass is 16.1. The molecule has 0 aromatic rings. The number of carbonyl (C=O) groups is 2. The summed E-state index contributed by atoms with van der Waals surface area (Å²) in [5.41, 5.74) is 0. The summed E-state index contributed by atoms with van der Waals surface area (Å²) >= 11 is 0. The van der Waals surface area contributed by atoms with Crippen molar-refractivity contribution in [3.63, 3.8) is 0 Å². The van der Waals surface area contributed by atoms with Crippen LogP contribution in [0.15, 0.2) is 0 Å². The van der Waals surface area contributed by atoms with E-state index in [1.165, 1.54) is 0 Å². The molecule has 0 spiro atoms. The van der Waals surface area contributed by atoms with Crippen LogP contribution in [0.4, 0.5) is 0 Å². The van der Waals surface area contributed by atoms with Crippen LogP contribution in [-0.4, -0.2) is 18.2 Å². The summed E-state index contributed by atoms with van der Waals surface area (Å²) in [5, 5.41) is 2.75. The molecule has 1 amide bonds. The molecule has 68 valence electrons.